The summed E-state index contributed by atoms with van der Waals surface area (Å²) in [5.41, 5.74) is 1.82. The molecule has 0 radical (unpaired) electrons. The van der Waals surface area contributed by atoms with E-state index in [-0.39, 0.29) is 5.56 Å². The van der Waals surface area contributed by atoms with Gasteiger partial charge in [-0.25, -0.2) is 4.79 Å². The van der Waals surface area contributed by atoms with Gasteiger partial charge in [0.25, 0.3) is 0 Å². The van der Waals surface area contributed by atoms with Crippen molar-refractivity contribution in [3.63, 3.8) is 0 Å². The second-order valence-corrected chi connectivity index (χ2v) is 4.87. The number of aromatic carboxylic acids is 1. The van der Waals surface area contributed by atoms with Crippen LogP contribution in [0.4, 0.5) is 0 Å². The quantitative estimate of drug-likeness (QED) is 0.917. The number of rotatable bonds is 4. The van der Waals surface area contributed by atoms with Crippen molar-refractivity contribution in [2.45, 2.75) is 6.92 Å². The number of carboxylic acid groups (broad SMARTS) is 1. The molecule has 0 aliphatic rings. The van der Waals surface area contributed by atoms with Crippen molar-refractivity contribution in [3.05, 3.63) is 52.5 Å². The Morgan fingerprint density at radius 2 is 1.89 bits per heavy atom. The van der Waals surface area contributed by atoms with Gasteiger partial charge in [0.15, 0.2) is 0 Å². The summed E-state index contributed by atoms with van der Waals surface area (Å²) in [6, 6.07) is 12.6. The average Bonchev–Trinajstić information content (AvgIpc) is 2.40. The summed E-state index contributed by atoms with van der Waals surface area (Å²) >= 11 is 3.29. The topological polar surface area (TPSA) is 46.5 Å². The van der Waals surface area contributed by atoms with Crippen LogP contribution >= 0.6 is 15.9 Å². The van der Waals surface area contributed by atoms with Crippen LogP contribution in [0.5, 0.6) is 5.75 Å². The van der Waals surface area contributed by atoms with Gasteiger partial charge in [-0.3, -0.25) is 0 Å². The number of ether oxygens (including phenoxy) is 1. The van der Waals surface area contributed by atoms with E-state index in [0.29, 0.717) is 12.2 Å². The summed E-state index contributed by atoms with van der Waals surface area (Å²) in [5, 5.41) is 9.24. The van der Waals surface area contributed by atoms with E-state index in [9.17, 15) is 9.90 Å². The summed E-state index contributed by atoms with van der Waals surface area (Å²) in [4.78, 5) is 11.3. The second-order valence-electron chi connectivity index (χ2n) is 3.95. The van der Waals surface area contributed by atoms with Gasteiger partial charge in [0, 0.05) is 4.47 Å². The van der Waals surface area contributed by atoms with E-state index in [1.54, 1.807) is 12.1 Å². The van der Waals surface area contributed by atoms with E-state index >= 15 is 0 Å². The number of benzene rings is 2. The Bertz CT molecular complexity index is 591. The Morgan fingerprint density at radius 3 is 2.47 bits per heavy atom. The monoisotopic (exact) mass is 320 g/mol. The molecule has 3 nitrogen and oxygen atoms in total. The first-order valence-corrected chi connectivity index (χ1v) is 6.67. The van der Waals surface area contributed by atoms with Gasteiger partial charge in [-0.05, 0) is 42.3 Å². The second kappa shape index (κ2) is 5.89. The molecule has 0 aliphatic heterocycles. The molecule has 0 bridgehead atoms. The van der Waals surface area contributed by atoms with Crippen LogP contribution in [0.25, 0.3) is 11.1 Å². The number of carbonyl (C=O) groups is 1. The zero-order chi connectivity index (χ0) is 13.8. The molecule has 1 N–H and O–H groups in total. The first-order chi connectivity index (χ1) is 9.11. The van der Waals surface area contributed by atoms with Gasteiger partial charge in [0.2, 0.25) is 0 Å². The molecule has 4 heteroatoms. The molecular weight excluding hydrogens is 308 g/mol. The fourth-order valence-electron chi connectivity index (χ4n) is 1.84. The maximum Gasteiger partial charge on any atom is 0.336 e. The zero-order valence-corrected chi connectivity index (χ0v) is 12.0. The number of hydrogen-bond acceptors (Lipinski definition) is 2. The van der Waals surface area contributed by atoms with E-state index in [2.05, 4.69) is 15.9 Å². The van der Waals surface area contributed by atoms with Gasteiger partial charge in [0.1, 0.15) is 5.75 Å². The largest absolute Gasteiger partial charge is 0.494 e. The Labute approximate surface area is 120 Å². The summed E-state index contributed by atoms with van der Waals surface area (Å²) in [6.07, 6.45) is 0. The molecule has 2 aromatic rings. The number of hydrogen-bond donors (Lipinski definition) is 1. The summed E-state index contributed by atoms with van der Waals surface area (Å²) in [7, 11) is 0. The van der Waals surface area contributed by atoms with Crippen molar-refractivity contribution in [1.29, 1.82) is 0 Å². The van der Waals surface area contributed by atoms with Crippen molar-refractivity contribution in [2.24, 2.45) is 0 Å². The molecule has 0 saturated carbocycles. The van der Waals surface area contributed by atoms with Crippen LogP contribution in [0, 0.1) is 0 Å². The van der Waals surface area contributed by atoms with Crippen LogP contribution in [0.2, 0.25) is 0 Å². The third-order valence-corrected chi connectivity index (χ3v) is 3.18. The third-order valence-electron chi connectivity index (χ3n) is 2.69. The van der Waals surface area contributed by atoms with Crippen LogP contribution < -0.4 is 4.74 Å². The highest BCUT2D eigenvalue weighted by Gasteiger charge is 2.12. The molecule has 0 saturated heterocycles. The Hall–Kier alpha value is -1.81. The SMILES string of the molecule is CCOc1ccc(-c2ccc(Br)cc2C(=O)O)cc1. The van der Waals surface area contributed by atoms with Crippen molar-refractivity contribution in [1.82, 2.24) is 0 Å². The molecule has 2 rings (SSSR count). The maximum atomic E-state index is 11.3. The first-order valence-electron chi connectivity index (χ1n) is 5.88. The minimum absolute atomic E-state index is 0.276. The van der Waals surface area contributed by atoms with Gasteiger partial charge >= 0.3 is 5.97 Å². The lowest BCUT2D eigenvalue weighted by molar-refractivity contribution is 0.0697. The summed E-state index contributed by atoms with van der Waals surface area (Å²) in [5.74, 6) is -0.162. The fourth-order valence-corrected chi connectivity index (χ4v) is 2.20. The summed E-state index contributed by atoms with van der Waals surface area (Å²) < 4.78 is 6.12. The molecule has 98 valence electrons. The van der Waals surface area contributed by atoms with Crippen LogP contribution in [0.3, 0.4) is 0 Å². The molecular formula is C15H13BrO3. The molecule has 0 aliphatic carbocycles. The predicted molar refractivity (Wildman–Crippen MR) is 77.7 cm³/mol. The molecule has 0 heterocycles. The number of halogens is 1. The smallest absolute Gasteiger partial charge is 0.336 e. The molecule has 0 fully saturated rings. The van der Waals surface area contributed by atoms with Gasteiger partial charge in [-0.2, -0.15) is 0 Å². The molecule has 2 aromatic carbocycles. The van der Waals surface area contributed by atoms with Crippen LogP contribution in [0.15, 0.2) is 46.9 Å². The lowest BCUT2D eigenvalue weighted by Gasteiger charge is -2.08. The van der Waals surface area contributed by atoms with Crippen molar-refractivity contribution >= 4 is 21.9 Å². The Balaban J connectivity index is 2.43. The van der Waals surface area contributed by atoms with Gasteiger partial charge in [-0.1, -0.05) is 34.1 Å². The predicted octanol–water partition coefficient (Wildman–Crippen LogP) is 4.21. The van der Waals surface area contributed by atoms with E-state index in [1.807, 2.05) is 37.3 Å². The minimum atomic E-state index is -0.940. The molecule has 0 unspecified atom stereocenters. The highest BCUT2D eigenvalue weighted by atomic mass is 79.9. The van der Waals surface area contributed by atoms with Crippen LogP contribution in [0.1, 0.15) is 17.3 Å². The van der Waals surface area contributed by atoms with E-state index in [0.717, 1.165) is 15.8 Å². The van der Waals surface area contributed by atoms with Crippen LogP contribution in [-0.2, 0) is 0 Å². The number of carboxylic acids is 1. The lowest BCUT2D eigenvalue weighted by atomic mass is 10.00. The fraction of sp³-hybridized carbons (Fsp3) is 0.133. The molecule has 0 atom stereocenters. The maximum absolute atomic E-state index is 11.3. The lowest BCUT2D eigenvalue weighted by Crippen LogP contribution is -1.99. The van der Waals surface area contributed by atoms with Crippen molar-refractivity contribution < 1.29 is 14.6 Å². The van der Waals surface area contributed by atoms with E-state index in [4.69, 9.17) is 4.74 Å². The van der Waals surface area contributed by atoms with Crippen molar-refractivity contribution in [2.75, 3.05) is 6.61 Å². The van der Waals surface area contributed by atoms with E-state index in [1.165, 1.54) is 0 Å². The molecule has 19 heavy (non-hydrogen) atoms. The zero-order valence-electron chi connectivity index (χ0n) is 10.4. The first kappa shape index (κ1) is 13.6. The normalized spacial score (nSPS) is 10.2. The molecule has 0 amide bonds. The third kappa shape index (κ3) is 3.15. The van der Waals surface area contributed by atoms with Crippen molar-refractivity contribution in [3.8, 4) is 16.9 Å². The van der Waals surface area contributed by atoms with Gasteiger partial charge < -0.3 is 9.84 Å². The summed E-state index contributed by atoms with van der Waals surface area (Å²) in [6.45, 7) is 2.53. The Kier molecular flexibility index (Phi) is 4.22. The molecule has 0 spiro atoms. The van der Waals surface area contributed by atoms with Crippen LogP contribution in [-0.4, -0.2) is 17.7 Å². The standard InChI is InChI=1S/C15H13BrO3/c1-2-19-12-6-3-10(4-7-12)13-8-5-11(16)9-14(13)15(17)18/h3-9H,2H2,1H3,(H,17,18). The molecule has 0 aromatic heterocycles. The van der Waals surface area contributed by atoms with E-state index < -0.39 is 5.97 Å². The highest BCUT2D eigenvalue weighted by Crippen LogP contribution is 2.28. The van der Waals surface area contributed by atoms with Gasteiger partial charge in [-0.15, -0.1) is 0 Å². The highest BCUT2D eigenvalue weighted by molar-refractivity contribution is 9.10. The Morgan fingerprint density at radius 1 is 1.21 bits per heavy atom. The van der Waals surface area contributed by atoms with Gasteiger partial charge in [0.05, 0.1) is 12.2 Å². The average molecular weight is 321 g/mol. The minimum Gasteiger partial charge on any atom is -0.494 e.